The van der Waals surface area contributed by atoms with Crippen LogP contribution in [0.4, 0.5) is 0 Å². The highest BCUT2D eigenvalue weighted by atomic mass is 32.2. The van der Waals surface area contributed by atoms with Gasteiger partial charge in [-0.15, -0.1) is 0 Å². The maximum atomic E-state index is 12.2. The summed E-state index contributed by atoms with van der Waals surface area (Å²) in [5.41, 5.74) is 5.32. The first-order valence-electron chi connectivity index (χ1n) is 6.93. The molecule has 4 N–H and O–H groups in total. The predicted octanol–water partition coefficient (Wildman–Crippen LogP) is -0.0466. The molecule has 1 aromatic heterocycles. The summed E-state index contributed by atoms with van der Waals surface area (Å²) in [6, 6.07) is 1.26. The van der Waals surface area contributed by atoms with Crippen LogP contribution in [0.15, 0.2) is 17.2 Å². The average Bonchev–Trinajstić information content (AvgIpc) is 2.80. The van der Waals surface area contributed by atoms with Crippen LogP contribution in [-0.2, 0) is 17.1 Å². The molecule has 8 heteroatoms. The topological polar surface area (TPSA) is 114 Å². The number of aromatic nitrogens is 1. The molecule has 1 saturated carbocycles. The highest BCUT2D eigenvalue weighted by Gasteiger charge is 2.24. The maximum absolute atomic E-state index is 12.2. The molecule has 0 saturated heterocycles. The van der Waals surface area contributed by atoms with Crippen LogP contribution in [0, 0.1) is 5.92 Å². The van der Waals surface area contributed by atoms with Crippen LogP contribution in [0.2, 0.25) is 0 Å². The highest BCUT2D eigenvalue weighted by Crippen LogP contribution is 2.24. The normalized spacial score (nSPS) is 23.1. The van der Waals surface area contributed by atoms with Crippen LogP contribution in [0.25, 0.3) is 0 Å². The van der Waals surface area contributed by atoms with Crippen molar-refractivity contribution in [2.24, 2.45) is 18.7 Å². The number of nitrogens with two attached hydrogens (primary N) is 1. The zero-order chi connectivity index (χ0) is 15.6. The summed E-state index contributed by atoms with van der Waals surface area (Å²) in [5, 5.41) is 9.59. The van der Waals surface area contributed by atoms with Gasteiger partial charge in [0.15, 0.2) is 0 Å². The summed E-state index contributed by atoms with van der Waals surface area (Å²) in [6.07, 6.45) is 4.23. The van der Waals surface area contributed by atoms with Gasteiger partial charge in [0.05, 0.1) is 6.10 Å². The van der Waals surface area contributed by atoms with Crippen molar-refractivity contribution in [3.05, 3.63) is 18.0 Å². The summed E-state index contributed by atoms with van der Waals surface area (Å²) < 4.78 is 28.3. The van der Waals surface area contributed by atoms with Gasteiger partial charge in [0.1, 0.15) is 10.6 Å². The van der Waals surface area contributed by atoms with Crippen LogP contribution >= 0.6 is 0 Å². The SMILES string of the molecule is Cn1cc(S(=O)(=O)NCC2CCCC(O)C2)cc1C(N)=O. The predicted molar refractivity (Wildman–Crippen MR) is 77.1 cm³/mol. The van der Waals surface area contributed by atoms with E-state index in [2.05, 4.69) is 4.72 Å². The molecule has 0 aliphatic heterocycles. The number of aliphatic hydroxyl groups is 1. The molecule has 1 aliphatic carbocycles. The quantitative estimate of drug-likeness (QED) is 0.707. The minimum atomic E-state index is -3.67. The fourth-order valence-electron chi connectivity index (χ4n) is 2.69. The summed E-state index contributed by atoms with van der Waals surface area (Å²) in [7, 11) is -2.11. The monoisotopic (exact) mass is 315 g/mol. The Hall–Kier alpha value is -1.38. The second-order valence-corrected chi connectivity index (χ2v) is 7.34. The molecule has 1 aliphatic rings. The molecular formula is C13H21N3O4S. The Bertz CT molecular complexity index is 623. The van der Waals surface area contributed by atoms with E-state index in [4.69, 9.17) is 5.73 Å². The Morgan fingerprint density at radius 1 is 1.52 bits per heavy atom. The number of rotatable bonds is 5. The third-order valence-electron chi connectivity index (χ3n) is 3.86. The van der Waals surface area contributed by atoms with Gasteiger partial charge in [-0.3, -0.25) is 4.79 Å². The van der Waals surface area contributed by atoms with Crippen molar-refractivity contribution in [2.75, 3.05) is 6.54 Å². The van der Waals surface area contributed by atoms with Crippen LogP contribution in [0.3, 0.4) is 0 Å². The number of nitrogens with zero attached hydrogens (tertiary/aromatic N) is 1. The summed E-state index contributed by atoms with van der Waals surface area (Å²) in [5.74, 6) is -0.530. The second-order valence-electron chi connectivity index (χ2n) is 5.57. The van der Waals surface area contributed by atoms with E-state index in [9.17, 15) is 18.3 Å². The molecule has 2 atom stereocenters. The maximum Gasteiger partial charge on any atom is 0.265 e. The molecule has 118 valence electrons. The zero-order valence-corrected chi connectivity index (χ0v) is 12.8. The van der Waals surface area contributed by atoms with Crippen LogP contribution in [0.1, 0.15) is 36.2 Å². The van der Waals surface area contributed by atoms with Gasteiger partial charge < -0.3 is 15.4 Å². The van der Waals surface area contributed by atoms with E-state index >= 15 is 0 Å². The number of nitrogens with one attached hydrogen (secondary N) is 1. The van der Waals surface area contributed by atoms with E-state index in [1.807, 2.05) is 0 Å². The first kappa shape index (κ1) is 16.0. The first-order valence-corrected chi connectivity index (χ1v) is 8.42. The molecule has 7 nitrogen and oxygen atoms in total. The summed E-state index contributed by atoms with van der Waals surface area (Å²) in [6.45, 7) is 0.292. The number of hydrogen-bond acceptors (Lipinski definition) is 4. The minimum absolute atomic E-state index is 0.0233. The highest BCUT2D eigenvalue weighted by molar-refractivity contribution is 7.89. The zero-order valence-electron chi connectivity index (χ0n) is 11.9. The lowest BCUT2D eigenvalue weighted by Gasteiger charge is -2.25. The Labute approximate surface area is 124 Å². The molecule has 0 radical (unpaired) electrons. The van der Waals surface area contributed by atoms with Gasteiger partial charge in [0.2, 0.25) is 10.0 Å². The third-order valence-corrected chi connectivity index (χ3v) is 5.25. The number of amides is 1. The number of carbonyl (C=O) groups excluding carboxylic acids is 1. The molecule has 1 aromatic rings. The fourth-order valence-corrected chi connectivity index (χ4v) is 3.87. The van der Waals surface area contributed by atoms with Gasteiger partial charge in [0.25, 0.3) is 5.91 Å². The lowest BCUT2D eigenvalue weighted by molar-refractivity contribution is 0.0991. The molecule has 21 heavy (non-hydrogen) atoms. The fraction of sp³-hybridized carbons (Fsp3) is 0.615. The standard InChI is InChI=1S/C13H21N3O4S/c1-16-8-11(6-12(16)13(14)18)21(19,20)15-7-9-3-2-4-10(17)5-9/h6,8-10,15,17H,2-5,7H2,1H3,(H2,14,18). The molecule has 0 spiro atoms. The average molecular weight is 315 g/mol. The molecular weight excluding hydrogens is 294 g/mol. The Kier molecular flexibility index (Phi) is 4.70. The number of primary amides is 1. The van der Waals surface area contributed by atoms with Gasteiger partial charge in [-0.1, -0.05) is 6.42 Å². The Morgan fingerprint density at radius 2 is 2.24 bits per heavy atom. The third kappa shape index (κ3) is 3.84. The lowest BCUT2D eigenvalue weighted by Crippen LogP contribution is -2.32. The van der Waals surface area contributed by atoms with Crippen molar-refractivity contribution in [1.82, 2.24) is 9.29 Å². The van der Waals surface area contributed by atoms with Crippen molar-refractivity contribution < 1.29 is 18.3 Å². The van der Waals surface area contributed by atoms with E-state index in [1.165, 1.54) is 16.8 Å². The van der Waals surface area contributed by atoms with Crippen molar-refractivity contribution in [1.29, 1.82) is 0 Å². The van der Waals surface area contributed by atoms with Crippen molar-refractivity contribution in [3.63, 3.8) is 0 Å². The number of aliphatic hydroxyl groups excluding tert-OH is 1. The molecule has 1 heterocycles. The smallest absolute Gasteiger partial charge is 0.265 e. The lowest BCUT2D eigenvalue weighted by atomic mass is 9.87. The summed E-state index contributed by atoms with van der Waals surface area (Å²) >= 11 is 0. The van der Waals surface area contributed by atoms with Crippen molar-refractivity contribution in [3.8, 4) is 0 Å². The van der Waals surface area contributed by atoms with Gasteiger partial charge in [-0.2, -0.15) is 0 Å². The van der Waals surface area contributed by atoms with Gasteiger partial charge in [-0.25, -0.2) is 13.1 Å². The Morgan fingerprint density at radius 3 is 2.81 bits per heavy atom. The molecule has 0 bridgehead atoms. The molecule has 1 fully saturated rings. The first-order chi connectivity index (χ1) is 9.79. The van der Waals surface area contributed by atoms with Gasteiger partial charge in [0, 0.05) is 19.8 Å². The van der Waals surface area contributed by atoms with E-state index in [0.717, 1.165) is 19.3 Å². The minimum Gasteiger partial charge on any atom is -0.393 e. The number of hydrogen-bond donors (Lipinski definition) is 3. The van der Waals surface area contributed by atoms with Crippen molar-refractivity contribution in [2.45, 2.75) is 36.7 Å². The van der Waals surface area contributed by atoms with Gasteiger partial charge in [-0.05, 0) is 31.2 Å². The van der Waals surface area contributed by atoms with E-state index in [0.29, 0.717) is 13.0 Å². The van der Waals surface area contributed by atoms with E-state index in [-0.39, 0.29) is 22.6 Å². The molecule has 2 unspecified atom stereocenters. The van der Waals surface area contributed by atoms with Crippen LogP contribution < -0.4 is 10.5 Å². The van der Waals surface area contributed by atoms with Crippen LogP contribution in [-0.4, -0.2) is 36.6 Å². The number of carbonyl (C=O) groups is 1. The summed E-state index contributed by atoms with van der Waals surface area (Å²) in [4.78, 5) is 11.2. The molecule has 1 amide bonds. The van der Waals surface area contributed by atoms with Crippen molar-refractivity contribution >= 4 is 15.9 Å². The Balaban J connectivity index is 2.04. The number of aryl methyl sites for hydroxylation is 1. The van der Waals surface area contributed by atoms with E-state index in [1.54, 1.807) is 7.05 Å². The van der Waals surface area contributed by atoms with Crippen LogP contribution in [0.5, 0.6) is 0 Å². The van der Waals surface area contributed by atoms with E-state index < -0.39 is 15.9 Å². The molecule has 2 rings (SSSR count). The second kappa shape index (κ2) is 6.17. The number of sulfonamides is 1. The largest absolute Gasteiger partial charge is 0.393 e. The van der Waals surface area contributed by atoms with Gasteiger partial charge >= 0.3 is 0 Å². The molecule has 0 aromatic carbocycles.